The van der Waals surface area contributed by atoms with E-state index >= 15 is 0 Å². The van der Waals surface area contributed by atoms with Gasteiger partial charge in [0.2, 0.25) is 0 Å². The normalized spacial score (nSPS) is 17.0. The lowest BCUT2D eigenvalue weighted by molar-refractivity contribution is -0.127. The van der Waals surface area contributed by atoms with Gasteiger partial charge in [0.25, 0.3) is 17.6 Å². The van der Waals surface area contributed by atoms with Crippen molar-refractivity contribution in [3.05, 3.63) is 64.6 Å². The third-order valence-corrected chi connectivity index (χ3v) is 8.37. The molecule has 0 bridgehead atoms. The summed E-state index contributed by atoms with van der Waals surface area (Å²) in [5.41, 5.74) is 3.06. The van der Waals surface area contributed by atoms with Crippen molar-refractivity contribution in [2.45, 2.75) is 46.0 Å². The summed E-state index contributed by atoms with van der Waals surface area (Å²) in [6.07, 6.45) is 4.34. The van der Waals surface area contributed by atoms with Crippen LogP contribution in [0.1, 0.15) is 64.6 Å². The highest BCUT2D eigenvalue weighted by Gasteiger charge is 2.31. The highest BCUT2D eigenvalue weighted by atomic mass is 19.1. The van der Waals surface area contributed by atoms with E-state index in [1.54, 1.807) is 24.0 Å². The van der Waals surface area contributed by atoms with Crippen LogP contribution in [0.15, 0.2) is 36.4 Å². The molecule has 2 fully saturated rings. The van der Waals surface area contributed by atoms with E-state index in [0.29, 0.717) is 71.5 Å². The summed E-state index contributed by atoms with van der Waals surface area (Å²) in [5, 5.41) is 0.562. The fourth-order valence-corrected chi connectivity index (χ4v) is 5.91. The highest BCUT2D eigenvalue weighted by molar-refractivity contribution is 6.45. The van der Waals surface area contributed by atoms with Gasteiger partial charge in [0.05, 0.1) is 23.8 Å². The molecule has 3 heterocycles. The number of nitrogens with zero attached hydrogens (tertiary/aromatic N) is 2. The van der Waals surface area contributed by atoms with E-state index in [2.05, 4.69) is 11.9 Å². The molecule has 0 atom stereocenters. The minimum absolute atomic E-state index is 0.150. The van der Waals surface area contributed by atoms with Gasteiger partial charge in [-0.3, -0.25) is 14.4 Å². The summed E-state index contributed by atoms with van der Waals surface area (Å²) in [7, 11) is 1.52. The van der Waals surface area contributed by atoms with Crippen LogP contribution in [0.25, 0.3) is 10.9 Å². The first-order valence-electron chi connectivity index (χ1n) is 13.8. The third kappa shape index (κ3) is 5.56. The maximum atomic E-state index is 13.7. The molecule has 7 nitrogen and oxygen atoms in total. The first-order chi connectivity index (χ1) is 18.7. The topological polar surface area (TPSA) is 82.7 Å². The van der Waals surface area contributed by atoms with Gasteiger partial charge in [-0.15, -0.1) is 0 Å². The molecule has 39 heavy (non-hydrogen) atoms. The quantitative estimate of drug-likeness (QED) is 0.351. The molecule has 3 aromatic rings. The van der Waals surface area contributed by atoms with Crippen LogP contribution in [0.5, 0.6) is 5.75 Å². The van der Waals surface area contributed by atoms with Crippen molar-refractivity contribution in [3.8, 4) is 5.75 Å². The Bertz CT molecular complexity index is 1380. The smallest absolute Gasteiger partial charge is 0.295 e. The number of hydrogen-bond acceptors (Lipinski definition) is 4. The molecular formula is C31H36FN3O4. The number of likely N-dealkylation sites (tertiary alicyclic amines) is 2. The standard InChI is InChI=1S/C31H36FN3O4/c1-19-8-12-35(13-9-19)31(38)29(36)28-20(2)33-26-18-27(39-3)25(17-24(26)28)30(37)34-14-10-22(11-15-34)16-21-4-6-23(32)7-5-21/h4-7,17-19,22,33H,8-16H2,1-3H3. The number of carbonyl (C=O) groups excluding carboxylic acids is 3. The predicted molar refractivity (Wildman–Crippen MR) is 148 cm³/mol. The second-order valence-corrected chi connectivity index (χ2v) is 11.1. The molecule has 0 unspecified atom stereocenters. The molecule has 1 N–H and O–H groups in total. The first kappa shape index (κ1) is 26.9. The predicted octanol–water partition coefficient (Wildman–Crippen LogP) is 5.16. The van der Waals surface area contributed by atoms with Crippen LogP contribution in [0.2, 0.25) is 0 Å². The van der Waals surface area contributed by atoms with Crippen LogP contribution < -0.4 is 4.74 Å². The number of Topliss-reactive ketones (excluding diaryl/α,β-unsaturated/α-hetero) is 1. The van der Waals surface area contributed by atoms with Crippen LogP contribution in [0.3, 0.4) is 0 Å². The van der Waals surface area contributed by atoms with Crippen molar-refractivity contribution >= 4 is 28.5 Å². The van der Waals surface area contributed by atoms with Crippen LogP contribution in [-0.2, 0) is 11.2 Å². The molecule has 0 radical (unpaired) electrons. The van der Waals surface area contributed by atoms with Gasteiger partial charge in [-0.25, -0.2) is 4.39 Å². The number of amides is 2. The van der Waals surface area contributed by atoms with Gasteiger partial charge >= 0.3 is 0 Å². The molecule has 2 aliphatic rings. The lowest BCUT2D eigenvalue weighted by Crippen LogP contribution is -2.41. The molecule has 1 aromatic heterocycles. The average Bonchev–Trinajstić information content (AvgIpc) is 3.27. The van der Waals surface area contributed by atoms with E-state index in [0.717, 1.165) is 37.7 Å². The fourth-order valence-electron chi connectivity index (χ4n) is 5.91. The van der Waals surface area contributed by atoms with Crippen molar-refractivity contribution < 1.29 is 23.5 Å². The number of benzene rings is 2. The van der Waals surface area contributed by atoms with Crippen LogP contribution >= 0.6 is 0 Å². The molecule has 0 saturated carbocycles. The monoisotopic (exact) mass is 533 g/mol. The number of aromatic nitrogens is 1. The second kappa shape index (κ2) is 11.2. The van der Waals surface area contributed by atoms with Crippen molar-refractivity contribution in [2.24, 2.45) is 11.8 Å². The Morgan fingerprint density at radius 1 is 0.974 bits per heavy atom. The van der Waals surface area contributed by atoms with Crippen LogP contribution in [0, 0.1) is 24.6 Å². The number of H-pyrrole nitrogens is 1. The van der Waals surface area contributed by atoms with E-state index in [4.69, 9.17) is 4.74 Å². The molecule has 206 valence electrons. The Balaban J connectivity index is 1.35. The molecule has 5 rings (SSSR count). The number of aryl methyl sites for hydroxylation is 1. The number of nitrogens with one attached hydrogen (secondary N) is 1. The maximum Gasteiger partial charge on any atom is 0.295 e. The number of ketones is 1. The highest BCUT2D eigenvalue weighted by Crippen LogP contribution is 2.33. The summed E-state index contributed by atoms with van der Waals surface area (Å²) in [5.74, 6) is -0.0216. The number of rotatable bonds is 6. The molecule has 8 heteroatoms. The van der Waals surface area contributed by atoms with E-state index in [1.807, 2.05) is 17.0 Å². The van der Waals surface area contributed by atoms with Crippen molar-refractivity contribution in [1.82, 2.24) is 14.8 Å². The Labute approximate surface area is 228 Å². The molecule has 0 aliphatic carbocycles. The van der Waals surface area contributed by atoms with Gasteiger partial charge in [0.1, 0.15) is 11.6 Å². The van der Waals surface area contributed by atoms with Gasteiger partial charge in [-0.05, 0) is 74.6 Å². The number of piperidine rings is 2. The third-order valence-electron chi connectivity index (χ3n) is 8.37. The number of halogens is 1. The van der Waals surface area contributed by atoms with Crippen molar-refractivity contribution in [1.29, 1.82) is 0 Å². The summed E-state index contributed by atoms with van der Waals surface area (Å²) in [6.45, 7) is 6.32. The zero-order chi connectivity index (χ0) is 27.7. The first-order valence-corrected chi connectivity index (χ1v) is 13.8. The molecule has 2 aromatic carbocycles. The Kier molecular flexibility index (Phi) is 7.73. The molecule has 2 aliphatic heterocycles. The van der Waals surface area contributed by atoms with Crippen molar-refractivity contribution in [3.63, 3.8) is 0 Å². The van der Waals surface area contributed by atoms with E-state index in [9.17, 15) is 18.8 Å². The van der Waals surface area contributed by atoms with E-state index in [-0.39, 0.29) is 11.7 Å². The summed E-state index contributed by atoms with van der Waals surface area (Å²) < 4.78 is 18.8. The number of carbonyl (C=O) groups is 3. The van der Waals surface area contributed by atoms with Crippen LogP contribution in [0.4, 0.5) is 4.39 Å². The zero-order valence-corrected chi connectivity index (χ0v) is 22.9. The summed E-state index contributed by atoms with van der Waals surface area (Å²) >= 11 is 0. The Hall–Kier alpha value is -3.68. The maximum absolute atomic E-state index is 13.7. The van der Waals surface area contributed by atoms with E-state index in [1.165, 1.54) is 19.2 Å². The molecule has 0 spiro atoms. The number of fused-ring (bicyclic) bond motifs is 1. The van der Waals surface area contributed by atoms with Gasteiger partial charge < -0.3 is 19.5 Å². The summed E-state index contributed by atoms with van der Waals surface area (Å²) in [4.78, 5) is 46.9. The number of ether oxygens (including phenoxy) is 1. The lowest BCUT2D eigenvalue weighted by Gasteiger charge is -2.32. The SMILES string of the molecule is COc1cc2[nH]c(C)c(C(=O)C(=O)N3CCC(C)CC3)c2cc1C(=O)N1CCC(Cc2ccc(F)cc2)CC1. The Morgan fingerprint density at radius 2 is 1.62 bits per heavy atom. The number of methoxy groups -OCH3 is 1. The average molecular weight is 534 g/mol. The van der Waals surface area contributed by atoms with E-state index < -0.39 is 11.7 Å². The van der Waals surface area contributed by atoms with Gasteiger partial charge in [0.15, 0.2) is 0 Å². The molecular weight excluding hydrogens is 497 g/mol. The Morgan fingerprint density at radius 3 is 2.26 bits per heavy atom. The molecule has 2 saturated heterocycles. The van der Waals surface area contributed by atoms with Crippen LogP contribution in [-0.4, -0.2) is 65.7 Å². The number of hydrogen-bond donors (Lipinski definition) is 1. The second-order valence-electron chi connectivity index (χ2n) is 11.1. The lowest BCUT2D eigenvalue weighted by atomic mass is 9.90. The minimum Gasteiger partial charge on any atom is -0.496 e. The largest absolute Gasteiger partial charge is 0.496 e. The molecule has 2 amide bonds. The van der Waals surface area contributed by atoms with Gasteiger partial charge in [-0.1, -0.05) is 19.1 Å². The summed E-state index contributed by atoms with van der Waals surface area (Å²) in [6, 6.07) is 10.0. The number of aromatic amines is 1. The minimum atomic E-state index is -0.543. The van der Waals surface area contributed by atoms with Crippen molar-refractivity contribution in [2.75, 3.05) is 33.3 Å². The zero-order valence-electron chi connectivity index (χ0n) is 22.9. The fraction of sp³-hybridized carbons (Fsp3) is 0.452. The van der Waals surface area contributed by atoms with Gasteiger partial charge in [-0.2, -0.15) is 0 Å². The van der Waals surface area contributed by atoms with Gasteiger partial charge in [0, 0.05) is 43.3 Å².